The third kappa shape index (κ3) is 4.90. The second-order valence-corrected chi connectivity index (χ2v) is 7.11. The largest absolute Gasteiger partial charge is 0.416 e. The molecule has 0 spiro atoms. The summed E-state index contributed by atoms with van der Waals surface area (Å²) in [6, 6.07) is 4.32. The fourth-order valence-corrected chi connectivity index (χ4v) is 3.60. The van der Waals surface area contributed by atoms with Gasteiger partial charge in [0.1, 0.15) is 0 Å². The van der Waals surface area contributed by atoms with E-state index in [4.69, 9.17) is 0 Å². The molecule has 2 aliphatic rings. The summed E-state index contributed by atoms with van der Waals surface area (Å²) >= 11 is 0. The van der Waals surface area contributed by atoms with Crippen molar-refractivity contribution in [3.63, 3.8) is 0 Å². The number of benzene rings is 1. The Bertz CT molecular complexity index is 730. The molecule has 3 rings (SSSR count). The molecule has 2 amide bonds. The molecule has 27 heavy (non-hydrogen) atoms. The zero-order valence-electron chi connectivity index (χ0n) is 15.0. The number of likely N-dealkylation sites (tertiary alicyclic amines) is 1. The van der Waals surface area contributed by atoms with Crippen molar-refractivity contribution >= 4 is 11.8 Å². The third-order valence-corrected chi connectivity index (χ3v) is 5.15. The molecule has 1 N–H and O–H groups in total. The number of nitrogens with one attached hydrogen (secondary N) is 1. The smallest absolute Gasteiger partial charge is 0.347 e. The van der Waals surface area contributed by atoms with Crippen LogP contribution in [0.5, 0.6) is 0 Å². The molecule has 1 aromatic rings. The van der Waals surface area contributed by atoms with Crippen LogP contribution in [0.4, 0.5) is 13.2 Å². The van der Waals surface area contributed by atoms with Crippen LogP contribution < -0.4 is 5.32 Å². The number of hydrogen-bond donors (Lipinski definition) is 1. The molecule has 1 aliphatic heterocycles. The molecule has 4 nitrogen and oxygen atoms in total. The minimum atomic E-state index is -4.46. The van der Waals surface area contributed by atoms with E-state index in [0.717, 1.165) is 31.4 Å². The van der Waals surface area contributed by atoms with E-state index in [9.17, 15) is 22.8 Å². The number of rotatable bonds is 5. The molecule has 1 aliphatic carbocycles. The zero-order valence-corrected chi connectivity index (χ0v) is 15.0. The summed E-state index contributed by atoms with van der Waals surface area (Å²) in [6.07, 6.45) is 2.86. The molecule has 7 heteroatoms. The van der Waals surface area contributed by atoms with E-state index in [1.165, 1.54) is 6.07 Å². The molecule has 1 aromatic carbocycles. The number of carbonyl (C=O) groups is 2. The van der Waals surface area contributed by atoms with Gasteiger partial charge in [-0.25, -0.2) is 0 Å². The number of nitrogens with zero attached hydrogens (tertiary/aromatic N) is 1. The lowest BCUT2D eigenvalue weighted by Gasteiger charge is -2.28. The number of hydrogen-bond acceptors (Lipinski definition) is 2. The Morgan fingerprint density at radius 3 is 2.74 bits per heavy atom. The maximum absolute atomic E-state index is 13.1. The topological polar surface area (TPSA) is 49.4 Å². The average molecular weight is 380 g/mol. The predicted octanol–water partition coefficient (Wildman–Crippen LogP) is 3.84. The second kappa shape index (κ2) is 8.15. The van der Waals surface area contributed by atoms with Gasteiger partial charge in [0.2, 0.25) is 11.8 Å². The molecular weight excluding hydrogens is 357 g/mol. The average Bonchev–Trinajstić information content (AvgIpc) is 3.06. The number of halogens is 3. The minimum absolute atomic E-state index is 0.0261. The van der Waals surface area contributed by atoms with Gasteiger partial charge in [-0.15, -0.1) is 0 Å². The van der Waals surface area contributed by atoms with Crippen molar-refractivity contribution in [2.45, 2.75) is 44.3 Å². The van der Waals surface area contributed by atoms with Crippen LogP contribution in [0.3, 0.4) is 0 Å². The minimum Gasteiger partial charge on any atom is -0.347 e. The molecule has 0 saturated carbocycles. The monoisotopic (exact) mass is 380 g/mol. The lowest BCUT2D eigenvalue weighted by molar-refractivity contribution is -0.137. The van der Waals surface area contributed by atoms with E-state index in [0.29, 0.717) is 24.9 Å². The SMILES string of the molecule is O=C(N[C@@H](CN1CCCC1=O)c1cccc(C(F)(F)F)c1)[C@H]1CC=CCC1. The standard InChI is InChI=1S/C20H23F3N2O2/c21-20(22,23)16-9-4-8-15(12-16)17(13-25-11-5-10-18(25)26)24-19(27)14-6-2-1-3-7-14/h1-2,4,8-9,12,14,17H,3,5-7,10-11,13H2,(H,24,27)/t14-,17-/m0/s1. The summed E-state index contributed by atoms with van der Waals surface area (Å²) in [5.74, 6) is -0.382. The van der Waals surface area contributed by atoms with Crippen molar-refractivity contribution in [1.82, 2.24) is 10.2 Å². The molecule has 0 unspecified atom stereocenters. The molecular formula is C20H23F3N2O2. The molecule has 2 atom stereocenters. The Morgan fingerprint density at radius 2 is 2.11 bits per heavy atom. The van der Waals surface area contributed by atoms with E-state index >= 15 is 0 Å². The van der Waals surface area contributed by atoms with Gasteiger partial charge in [0.05, 0.1) is 11.6 Å². The Hall–Kier alpha value is -2.31. The predicted molar refractivity (Wildman–Crippen MR) is 94.6 cm³/mol. The van der Waals surface area contributed by atoms with Gasteiger partial charge < -0.3 is 10.2 Å². The van der Waals surface area contributed by atoms with E-state index in [1.807, 2.05) is 12.2 Å². The summed E-state index contributed by atoms with van der Waals surface area (Å²) < 4.78 is 39.3. The van der Waals surface area contributed by atoms with Gasteiger partial charge in [0.15, 0.2) is 0 Å². The van der Waals surface area contributed by atoms with Gasteiger partial charge in [-0.3, -0.25) is 9.59 Å². The van der Waals surface area contributed by atoms with Crippen LogP contribution in [0.1, 0.15) is 49.3 Å². The van der Waals surface area contributed by atoms with E-state index in [-0.39, 0.29) is 24.3 Å². The van der Waals surface area contributed by atoms with Crippen LogP contribution in [0.2, 0.25) is 0 Å². The normalized spacial score (nSPS) is 21.4. The van der Waals surface area contributed by atoms with Crippen LogP contribution in [-0.4, -0.2) is 29.8 Å². The second-order valence-electron chi connectivity index (χ2n) is 7.11. The van der Waals surface area contributed by atoms with Gasteiger partial charge in [-0.2, -0.15) is 13.2 Å². The maximum atomic E-state index is 13.1. The lowest BCUT2D eigenvalue weighted by Crippen LogP contribution is -2.41. The molecule has 1 saturated heterocycles. The molecule has 146 valence electrons. The Labute approximate surface area is 156 Å². The highest BCUT2D eigenvalue weighted by Crippen LogP contribution is 2.31. The van der Waals surface area contributed by atoms with E-state index in [1.54, 1.807) is 11.0 Å². The highest BCUT2D eigenvalue weighted by Gasteiger charge is 2.32. The first-order chi connectivity index (χ1) is 12.8. The van der Waals surface area contributed by atoms with Crippen molar-refractivity contribution in [3.05, 3.63) is 47.5 Å². The maximum Gasteiger partial charge on any atom is 0.416 e. The summed E-state index contributed by atoms with van der Waals surface area (Å²) in [5.41, 5.74) is -0.392. The number of alkyl halides is 3. The fraction of sp³-hybridized carbons (Fsp3) is 0.500. The number of amides is 2. The highest BCUT2D eigenvalue weighted by molar-refractivity contribution is 5.80. The van der Waals surface area contributed by atoms with E-state index < -0.39 is 17.8 Å². The fourth-order valence-electron chi connectivity index (χ4n) is 3.60. The van der Waals surface area contributed by atoms with Gasteiger partial charge in [-0.05, 0) is 43.4 Å². The van der Waals surface area contributed by atoms with Gasteiger partial charge in [-0.1, -0.05) is 24.3 Å². The van der Waals surface area contributed by atoms with Gasteiger partial charge >= 0.3 is 6.18 Å². The van der Waals surface area contributed by atoms with Crippen molar-refractivity contribution in [3.8, 4) is 0 Å². The quantitative estimate of drug-likeness (QED) is 0.789. The Kier molecular flexibility index (Phi) is 5.87. The summed E-state index contributed by atoms with van der Waals surface area (Å²) in [4.78, 5) is 26.2. The molecule has 0 aromatic heterocycles. The van der Waals surface area contributed by atoms with Crippen LogP contribution in [0, 0.1) is 5.92 Å². The van der Waals surface area contributed by atoms with Crippen LogP contribution >= 0.6 is 0 Å². The summed E-state index contributed by atoms with van der Waals surface area (Å²) in [6.45, 7) is 0.755. The van der Waals surface area contributed by atoms with Crippen LogP contribution in [0.15, 0.2) is 36.4 Å². The lowest BCUT2D eigenvalue weighted by atomic mass is 9.93. The van der Waals surface area contributed by atoms with E-state index in [2.05, 4.69) is 5.32 Å². The van der Waals surface area contributed by atoms with Crippen LogP contribution in [-0.2, 0) is 15.8 Å². The Balaban J connectivity index is 1.81. The third-order valence-electron chi connectivity index (χ3n) is 5.15. The van der Waals surface area contributed by atoms with Gasteiger partial charge in [0, 0.05) is 25.4 Å². The highest BCUT2D eigenvalue weighted by atomic mass is 19.4. The first-order valence-corrected chi connectivity index (χ1v) is 9.25. The number of allylic oxidation sites excluding steroid dienone is 2. The van der Waals surface area contributed by atoms with Gasteiger partial charge in [0.25, 0.3) is 0 Å². The summed E-state index contributed by atoms with van der Waals surface area (Å²) in [7, 11) is 0. The first kappa shape index (κ1) is 19.5. The summed E-state index contributed by atoms with van der Waals surface area (Å²) in [5, 5.41) is 2.90. The first-order valence-electron chi connectivity index (χ1n) is 9.25. The molecule has 0 radical (unpaired) electrons. The van der Waals surface area contributed by atoms with Crippen molar-refractivity contribution < 1.29 is 22.8 Å². The molecule has 1 heterocycles. The van der Waals surface area contributed by atoms with Crippen LogP contribution in [0.25, 0.3) is 0 Å². The molecule has 0 bridgehead atoms. The zero-order chi connectivity index (χ0) is 19.4. The van der Waals surface area contributed by atoms with Crippen molar-refractivity contribution in [1.29, 1.82) is 0 Å². The van der Waals surface area contributed by atoms with Crippen molar-refractivity contribution in [2.24, 2.45) is 5.92 Å². The number of carbonyl (C=O) groups excluding carboxylic acids is 2. The molecule has 1 fully saturated rings. The Morgan fingerprint density at radius 1 is 1.30 bits per heavy atom. The van der Waals surface area contributed by atoms with Crippen molar-refractivity contribution in [2.75, 3.05) is 13.1 Å².